The van der Waals surface area contributed by atoms with Gasteiger partial charge in [-0.05, 0) is 25.2 Å². The lowest BCUT2D eigenvalue weighted by Gasteiger charge is -2.34. The molecule has 0 aromatic carbocycles. The molecule has 1 aliphatic carbocycles. The molecule has 2 fully saturated rings. The highest BCUT2D eigenvalue weighted by Crippen LogP contribution is 2.29. The minimum Gasteiger partial charge on any atom is -0.314 e. The van der Waals surface area contributed by atoms with Crippen LogP contribution in [0.3, 0.4) is 0 Å². The zero-order valence-corrected chi connectivity index (χ0v) is 10.9. The minimum absolute atomic E-state index is 0.906. The molecular formula is C14H28N2. The Hall–Kier alpha value is -0.0800. The molecular weight excluding hydrogens is 196 g/mol. The fourth-order valence-corrected chi connectivity index (χ4v) is 3.47. The van der Waals surface area contributed by atoms with E-state index in [4.69, 9.17) is 0 Å². The van der Waals surface area contributed by atoms with E-state index in [1.165, 1.54) is 71.1 Å². The largest absolute Gasteiger partial charge is 0.314 e. The Labute approximate surface area is 101 Å². The molecule has 1 heterocycles. The highest BCUT2D eigenvalue weighted by atomic mass is 15.2. The molecule has 2 atom stereocenters. The van der Waals surface area contributed by atoms with Gasteiger partial charge in [0, 0.05) is 32.2 Å². The maximum absolute atomic E-state index is 3.46. The summed E-state index contributed by atoms with van der Waals surface area (Å²) in [6.45, 7) is 7.30. The van der Waals surface area contributed by atoms with Gasteiger partial charge in [0.2, 0.25) is 0 Å². The van der Waals surface area contributed by atoms with Gasteiger partial charge in [0.05, 0.1) is 0 Å². The van der Waals surface area contributed by atoms with Crippen LogP contribution < -0.4 is 5.32 Å². The highest BCUT2D eigenvalue weighted by molar-refractivity contribution is 4.80. The number of hydrogen-bond donors (Lipinski definition) is 1. The van der Waals surface area contributed by atoms with Crippen LogP contribution in [-0.4, -0.2) is 37.1 Å². The second kappa shape index (κ2) is 6.61. The van der Waals surface area contributed by atoms with E-state index in [1.54, 1.807) is 0 Å². The predicted octanol–water partition coefficient (Wildman–Crippen LogP) is 2.64. The molecule has 2 unspecified atom stereocenters. The van der Waals surface area contributed by atoms with Crippen LogP contribution in [0.4, 0.5) is 0 Å². The van der Waals surface area contributed by atoms with Gasteiger partial charge in [0.1, 0.15) is 0 Å². The van der Waals surface area contributed by atoms with Crippen molar-refractivity contribution in [3.8, 4) is 0 Å². The predicted molar refractivity (Wildman–Crippen MR) is 69.7 cm³/mol. The van der Waals surface area contributed by atoms with Crippen LogP contribution >= 0.6 is 0 Å². The van der Waals surface area contributed by atoms with Gasteiger partial charge in [-0.2, -0.15) is 0 Å². The second-order valence-corrected chi connectivity index (χ2v) is 5.60. The van der Waals surface area contributed by atoms with Crippen molar-refractivity contribution in [1.29, 1.82) is 0 Å². The van der Waals surface area contributed by atoms with Crippen LogP contribution in [0.2, 0.25) is 0 Å². The summed E-state index contributed by atoms with van der Waals surface area (Å²) >= 11 is 0. The van der Waals surface area contributed by atoms with Crippen molar-refractivity contribution >= 4 is 0 Å². The summed E-state index contributed by atoms with van der Waals surface area (Å²) in [7, 11) is 0. The van der Waals surface area contributed by atoms with Gasteiger partial charge in [-0.1, -0.05) is 32.6 Å². The molecule has 1 N–H and O–H groups in total. The summed E-state index contributed by atoms with van der Waals surface area (Å²) in [6, 6.07) is 0.906. The average molecular weight is 224 g/mol. The Balaban J connectivity index is 1.78. The molecule has 2 rings (SSSR count). The fraction of sp³-hybridized carbons (Fsp3) is 1.00. The Morgan fingerprint density at radius 3 is 2.62 bits per heavy atom. The lowest BCUT2D eigenvalue weighted by Crippen LogP contribution is -2.48. The number of nitrogens with one attached hydrogen (secondary N) is 1. The van der Waals surface area contributed by atoms with E-state index in [2.05, 4.69) is 17.1 Å². The standard InChI is InChI=1S/C14H28N2/c1-2-4-13-5-3-6-14(8-7-13)16-11-9-15-10-12-16/h13-15H,2-12H2,1H3. The summed E-state index contributed by atoms with van der Waals surface area (Å²) in [6.07, 6.45) is 10.2. The first-order valence-electron chi connectivity index (χ1n) is 7.35. The number of hydrogen-bond acceptors (Lipinski definition) is 2. The van der Waals surface area contributed by atoms with Crippen molar-refractivity contribution in [3.63, 3.8) is 0 Å². The second-order valence-electron chi connectivity index (χ2n) is 5.60. The smallest absolute Gasteiger partial charge is 0.0110 e. The molecule has 0 aromatic rings. The van der Waals surface area contributed by atoms with Crippen LogP contribution in [0, 0.1) is 5.92 Å². The Bertz CT molecular complexity index is 187. The van der Waals surface area contributed by atoms with E-state index in [0.717, 1.165) is 12.0 Å². The first-order valence-corrected chi connectivity index (χ1v) is 7.35. The van der Waals surface area contributed by atoms with Crippen LogP contribution in [0.15, 0.2) is 0 Å². The van der Waals surface area contributed by atoms with Crippen molar-refractivity contribution in [3.05, 3.63) is 0 Å². The van der Waals surface area contributed by atoms with Crippen molar-refractivity contribution in [2.24, 2.45) is 5.92 Å². The van der Waals surface area contributed by atoms with E-state index in [0.29, 0.717) is 0 Å². The summed E-state index contributed by atoms with van der Waals surface area (Å²) in [4.78, 5) is 2.74. The monoisotopic (exact) mass is 224 g/mol. The quantitative estimate of drug-likeness (QED) is 0.741. The van der Waals surface area contributed by atoms with Gasteiger partial charge in [-0.3, -0.25) is 4.90 Å². The zero-order chi connectivity index (χ0) is 11.2. The van der Waals surface area contributed by atoms with E-state index in [9.17, 15) is 0 Å². The highest BCUT2D eigenvalue weighted by Gasteiger charge is 2.24. The minimum atomic E-state index is 0.906. The van der Waals surface area contributed by atoms with Gasteiger partial charge in [0.15, 0.2) is 0 Å². The third-order valence-corrected chi connectivity index (χ3v) is 4.42. The third-order valence-electron chi connectivity index (χ3n) is 4.42. The Kier molecular flexibility index (Phi) is 5.11. The molecule has 1 aliphatic heterocycles. The van der Waals surface area contributed by atoms with E-state index >= 15 is 0 Å². The Morgan fingerprint density at radius 1 is 1.06 bits per heavy atom. The normalized spacial score (nSPS) is 33.6. The van der Waals surface area contributed by atoms with Crippen LogP contribution in [0.1, 0.15) is 51.9 Å². The van der Waals surface area contributed by atoms with Crippen LogP contribution in [0.5, 0.6) is 0 Å². The molecule has 0 bridgehead atoms. The molecule has 2 heteroatoms. The molecule has 16 heavy (non-hydrogen) atoms. The summed E-state index contributed by atoms with van der Waals surface area (Å²) < 4.78 is 0. The van der Waals surface area contributed by atoms with Crippen molar-refractivity contribution in [1.82, 2.24) is 10.2 Å². The lowest BCUT2D eigenvalue weighted by molar-refractivity contribution is 0.157. The molecule has 2 aliphatic rings. The molecule has 0 amide bonds. The number of rotatable bonds is 3. The maximum Gasteiger partial charge on any atom is 0.0110 e. The SMILES string of the molecule is CCCC1CCCC(N2CCNCC2)CC1. The zero-order valence-electron chi connectivity index (χ0n) is 10.9. The fourth-order valence-electron chi connectivity index (χ4n) is 3.47. The molecule has 94 valence electrons. The summed E-state index contributed by atoms with van der Waals surface area (Å²) in [5.74, 6) is 1.04. The number of nitrogens with zero attached hydrogens (tertiary/aromatic N) is 1. The van der Waals surface area contributed by atoms with Gasteiger partial charge in [-0.25, -0.2) is 0 Å². The van der Waals surface area contributed by atoms with Gasteiger partial charge >= 0.3 is 0 Å². The summed E-state index contributed by atoms with van der Waals surface area (Å²) in [5, 5.41) is 3.46. The van der Waals surface area contributed by atoms with Crippen molar-refractivity contribution < 1.29 is 0 Å². The average Bonchev–Trinajstić information content (AvgIpc) is 2.57. The first-order chi connectivity index (χ1) is 7.90. The first kappa shape index (κ1) is 12.4. The number of piperazine rings is 1. The lowest BCUT2D eigenvalue weighted by atomic mass is 9.95. The topological polar surface area (TPSA) is 15.3 Å². The molecule has 2 nitrogen and oxygen atoms in total. The van der Waals surface area contributed by atoms with Crippen LogP contribution in [-0.2, 0) is 0 Å². The molecule has 0 aromatic heterocycles. The van der Waals surface area contributed by atoms with Crippen molar-refractivity contribution in [2.45, 2.75) is 57.9 Å². The van der Waals surface area contributed by atoms with E-state index < -0.39 is 0 Å². The van der Waals surface area contributed by atoms with Gasteiger partial charge < -0.3 is 5.32 Å². The molecule has 0 radical (unpaired) electrons. The van der Waals surface area contributed by atoms with Crippen molar-refractivity contribution in [2.75, 3.05) is 26.2 Å². The Morgan fingerprint density at radius 2 is 1.88 bits per heavy atom. The molecule has 1 saturated carbocycles. The van der Waals surface area contributed by atoms with Gasteiger partial charge in [-0.15, -0.1) is 0 Å². The van der Waals surface area contributed by atoms with Crippen LogP contribution in [0.25, 0.3) is 0 Å². The van der Waals surface area contributed by atoms with Gasteiger partial charge in [0.25, 0.3) is 0 Å². The maximum atomic E-state index is 3.46. The third kappa shape index (κ3) is 3.46. The summed E-state index contributed by atoms with van der Waals surface area (Å²) in [5.41, 5.74) is 0. The molecule has 0 spiro atoms. The molecule has 1 saturated heterocycles. The van der Waals surface area contributed by atoms with E-state index in [-0.39, 0.29) is 0 Å². The van der Waals surface area contributed by atoms with E-state index in [1.807, 2.05) is 0 Å².